The van der Waals surface area contributed by atoms with Gasteiger partial charge in [0.15, 0.2) is 5.78 Å². The Bertz CT molecular complexity index is 598. The van der Waals surface area contributed by atoms with E-state index in [-0.39, 0.29) is 11.6 Å². The number of rotatable bonds is 5. The summed E-state index contributed by atoms with van der Waals surface area (Å²) in [6.07, 6.45) is 0. The largest absolute Gasteiger partial charge is 0.295 e. The van der Waals surface area contributed by atoms with E-state index in [4.69, 9.17) is 0 Å². The molecule has 0 unspecified atom stereocenters. The molecule has 0 aromatic heterocycles. The van der Waals surface area contributed by atoms with Gasteiger partial charge in [-0.2, -0.15) is 0 Å². The fourth-order valence-electron chi connectivity index (χ4n) is 1.98. The molecule has 2 aromatic carbocycles. The zero-order chi connectivity index (χ0) is 14.5. The van der Waals surface area contributed by atoms with E-state index in [1.807, 2.05) is 42.3 Å². The highest BCUT2D eigenvalue weighted by Crippen LogP contribution is 2.10. The number of likely N-dealkylation sites (N-methyl/N-ethyl adjacent to an activating group) is 1. The Kier molecular flexibility index (Phi) is 5.25. The molecule has 0 aliphatic carbocycles. The maximum Gasteiger partial charge on any atom is 0.176 e. The summed E-state index contributed by atoms with van der Waals surface area (Å²) in [5.74, 6) is -0.180. The molecule has 4 heteroatoms. The molecular weight excluding hydrogens is 368 g/mol. The number of hydrogen-bond acceptors (Lipinski definition) is 2. The molecule has 0 heterocycles. The van der Waals surface area contributed by atoms with E-state index < -0.39 is 0 Å². The van der Waals surface area contributed by atoms with Crippen LogP contribution in [0.5, 0.6) is 0 Å². The minimum atomic E-state index is -0.250. The van der Waals surface area contributed by atoms with Crippen LogP contribution in [0, 0.1) is 9.39 Å². The number of ketones is 1. The van der Waals surface area contributed by atoms with E-state index in [0.717, 1.165) is 9.13 Å². The number of nitrogens with zero attached hydrogens (tertiary/aromatic N) is 1. The molecule has 2 nitrogen and oxygen atoms in total. The molecule has 104 valence electrons. The highest BCUT2D eigenvalue weighted by molar-refractivity contribution is 14.1. The number of halogens is 2. The first-order chi connectivity index (χ1) is 9.54. The van der Waals surface area contributed by atoms with Crippen molar-refractivity contribution in [1.29, 1.82) is 0 Å². The summed E-state index contributed by atoms with van der Waals surface area (Å²) in [5, 5.41) is 0. The van der Waals surface area contributed by atoms with Gasteiger partial charge >= 0.3 is 0 Å². The summed E-state index contributed by atoms with van der Waals surface area (Å²) in [6, 6.07) is 13.9. The van der Waals surface area contributed by atoms with Crippen LogP contribution in [0.2, 0.25) is 0 Å². The van der Waals surface area contributed by atoms with Crippen LogP contribution in [0.15, 0.2) is 48.5 Å². The van der Waals surface area contributed by atoms with Gasteiger partial charge in [0.1, 0.15) is 5.82 Å². The number of carbonyl (C=O) groups is 1. The van der Waals surface area contributed by atoms with E-state index in [2.05, 4.69) is 22.6 Å². The van der Waals surface area contributed by atoms with Crippen molar-refractivity contribution in [3.63, 3.8) is 0 Å². The summed E-state index contributed by atoms with van der Waals surface area (Å²) >= 11 is 2.21. The molecule has 0 amide bonds. The predicted molar refractivity (Wildman–Crippen MR) is 86.2 cm³/mol. The van der Waals surface area contributed by atoms with Crippen molar-refractivity contribution in [2.24, 2.45) is 0 Å². The first kappa shape index (κ1) is 15.1. The van der Waals surface area contributed by atoms with Gasteiger partial charge in [0, 0.05) is 15.7 Å². The van der Waals surface area contributed by atoms with Crippen molar-refractivity contribution in [2.45, 2.75) is 6.54 Å². The SMILES string of the molecule is CN(CC(=O)c1ccc(I)cc1)Cc1cccc(F)c1. The van der Waals surface area contributed by atoms with E-state index in [1.54, 1.807) is 6.07 Å². The monoisotopic (exact) mass is 383 g/mol. The topological polar surface area (TPSA) is 20.3 Å². The lowest BCUT2D eigenvalue weighted by Gasteiger charge is -2.16. The van der Waals surface area contributed by atoms with Crippen LogP contribution in [-0.4, -0.2) is 24.3 Å². The lowest BCUT2D eigenvalue weighted by atomic mass is 10.1. The molecule has 0 aliphatic rings. The zero-order valence-corrected chi connectivity index (χ0v) is 13.3. The zero-order valence-electron chi connectivity index (χ0n) is 11.1. The van der Waals surface area contributed by atoms with Crippen LogP contribution in [0.3, 0.4) is 0 Å². The van der Waals surface area contributed by atoms with E-state index >= 15 is 0 Å². The highest BCUT2D eigenvalue weighted by Gasteiger charge is 2.10. The molecule has 0 saturated heterocycles. The van der Waals surface area contributed by atoms with Gasteiger partial charge in [-0.05, 0) is 59.5 Å². The quantitative estimate of drug-likeness (QED) is 0.579. The molecule has 0 aliphatic heterocycles. The van der Waals surface area contributed by atoms with Crippen molar-refractivity contribution in [3.8, 4) is 0 Å². The maximum atomic E-state index is 13.1. The van der Waals surface area contributed by atoms with Crippen LogP contribution in [0.25, 0.3) is 0 Å². The standard InChI is InChI=1S/C16H15FINO/c1-19(10-12-3-2-4-14(17)9-12)11-16(20)13-5-7-15(18)8-6-13/h2-9H,10-11H2,1H3. The van der Waals surface area contributed by atoms with Crippen molar-refractivity contribution in [1.82, 2.24) is 4.90 Å². The van der Waals surface area contributed by atoms with Crippen molar-refractivity contribution < 1.29 is 9.18 Å². The third-order valence-corrected chi connectivity index (χ3v) is 3.64. The summed E-state index contributed by atoms with van der Waals surface area (Å²) < 4.78 is 14.2. The second-order valence-corrected chi connectivity index (χ2v) is 5.98. The molecular formula is C16H15FINO. The van der Waals surface area contributed by atoms with Gasteiger partial charge in [-0.1, -0.05) is 24.3 Å². The average Bonchev–Trinajstić information content (AvgIpc) is 2.39. The van der Waals surface area contributed by atoms with Gasteiger partial charge < -0.3 is 0 Å². The first-order valence-electron chi connectivity index (χ1n) is 6.26. The van der Waals surface area contributed by atoms with Gasteiger partial charge in [0.25, 0.3) is 0 Å². The van der Waals surface area contributed by atoms with Crippen LogP contribution >= 0.6 is 22.6 Å². The third kappa shape index (κ3) is 4.38. The third-order valence-electron chi connectivity index (χ3n) is 2.92. The Balaban J connectivity index is 1.95. The minimum Gasteiger partial charge on any atom is -0.295 e. The lowest BCUT2D eigenvalue weighted by Crippen LogP contribution is -2.25. The van der Waals surface area contributed by atoms with Crippen LogP contribution < -0.4 is 0 Å². The normalized spacial score (nSPS) is 10.8. The predicted octanol–water partition coefficient (Wildman–Crippen LogP) is 3.75. The van der Waals surface area contributed by atoms with Crippen molar-refractivity contribution in [3.05, 3.63) is 69.0 Å². The minimum absolute atomic E-state index is 0.0697. The molecule has 2 aromatic rings. The Hall–Kier alpha value is -1.27. The molecule has 0 atom stereocenters. The molecule has 20 heavy (non-hydrogen) atoms. The molecule has 2 rings (SSSR count). The number of Topliss-reactive ketones (excluding diaryl/α,β-unsaturated/α-hetero) is 1. The van der Waals surface area contributed by atoms with Crippen LogP contribution in [-0.2, 0) is 6.54 Å². The molecule has 0 bridgehead atoms. The van der Waals surface area contributed by atoms with Crippen molar-refractivity contribution in [2.75, 3.05) is 13.6 Å². The second kappa shape index (κ2) is 6.95. The van der Waals surface area contributed by atoms with E-state index in [9.17, 15) is 9.18 Å². The maximum absolute atomic E-state index is 13.1. The molecule has 0 spiro atoms. The highest BCUT2D eigenvalue weighted by atomic mass is 127. The summed E-state index contributed by atoms with van der Waals surface area (Å²) in [6.45, 7) is 0.866. The second-order valence-electron chi connectivity index (χ2n) is 4.73. The van der Waals surface area contributed by atoms with Gasteiger partial charge in [-0.25, -0.2) is 4.39 Å². The Morgan fingerprint density at radius 2 is 1.90 bits per heavy atom. The van der Waals surface area contributed by atoms with Gasteiger partial charge in [0.05, 0.1) is 6.54 Å². The lowest BCUT2D eigenvalue weighted by molar-refractivity contribution is 0.0943. The Morgan fingerprint density at radius 1 is 1.20 bits per heavy atom. The molecule has 0 N–H and O–H groups in total. The Labute approximate surface area is 131 Å². The molecule has 0 saturated carbocycles. The number of hydrogen-bond donors (Lipinski definition) is 0. The fraction of sp³-hybridized carbons (Fsp3) is 0.188. The fourth-order valence-corrected chi connectivity index (χ4v) is 2.33. The smallest absolute Gasteiger partial charge is 0.176 e. The molecule has 0 fully saturated rings. The van der Waals surface area contributed by atoms with E-state index in [1.165, 1.54) is 12.1 Å². The Morgan fingerprint density at radius 3 is 2.55 bits per heavy atom. The van der Waals surface area contributed by atoms with Gasteiger partial charge in [0.2, 0.25) is 0 Å². The average molecular weight is 383 g/mol. The summed E-state index contributed by atoms with van der Waals surface area (Å²) in [7, 11) is 1.86. The van der Waals surface area contributed by atoms with Crippen LogP contribution in [0.4, 0.5) is 4.39 Å². The summed E-state index contributed by atoms with van der Waals surface area (Å²) in [5.41, 5.74) is 1.57. The van der Waals surface area contributed by atoms with Gasteiger partial charge in [-0.3, -0.25) is 9.69 Å². The van der Waals surface area contributed by atoms with Crippen LogP contribution in [0.1, 0.15) is 15.9 Å². The van der Waals surface area contributed by atoms with Crippen molar-refractivity contribution >= 4 is 28.4 Å². The molecule has 0 radical (unpaired) electrons. The summed E-state index contributed by atoms with van der Waals surface area (Å²) in [4.78, 5) is 14.0. The van der Waals surface area contributed by atoms with E-state index in [0.29, 0.717) is 18.7 Å². The first-order valence-corrected chi connectivity index (χ1v) is 7.34. The number of carbonyl (C=O) groups excluding carboxylic acids is 1. The number of benzene rings is 2. The van der Waals surface area contributed by atoms with Gasteiger partial charge in [-0.15, -0.1) is 0 Å².